The minimum absolute atomic E-state index is 0.00367. The van der Waals surface area contributed by atoms with Gasteiger partial charge < -0.3 is 11.1 Å². The standard InChI is InChI=1S/C16H25N5/c1-5-7-8-16(4,6-2)21-14-13-12(19-15(17)20-14)9-11(3)10-18-13/h9-10H,5-8H2,1-4H3,(H3,17,19,20,21). The van der Waals surface area contributed by atoms with Crippen molar-refractivity contribution < 1.29 is 0 Å². The predicted molar refractivity (Wildman–Crippen MR) is 88.3 cm³/mol. The Hall–Kier alpha value is -1.91. The van der Waals surface area contributed by atoms with Gasteiger partial charge in [0.1, 0.15) is 5.52 Å². The molecule has 0 spiro atoms. The molecule has 0 saturated heterocycles. The fourth-order valence-corrected chi connectivity index (χ4v) is 2.40. The minimum Gasteiger partial charge on any atom is -0.368 e. The maximum Gasteiger partial charge on any atom is 0.222 e. The van der Waals surface area contributed by atoms with Gasteiger partial charge in [0.05, 0.1) is 5.52 Å². The predicted octanol–water partition coefficient (Wildman–Crippen LogP) is 3.69. The number of nitrogens with zero attached hydrogens (tertiary/aromatic N) is 3. The molecule has 0 aliphatic carbocycles. The number of unbranched alkanes of at least 4 members (excludes halogenated alkanes) is 1. The van der Waals surface area contributed by atoms with E-state index in [9.17, 15) is 0 Å². The molecule has 0 aliphatic heterocycles. The van der Waals surface area contributed by atoms with Crippen molar-refractivity contribution in [2.24, 2.45) is 0 Å². The SMILES string of the molecule is CCCCC(C)(CC)Nc1nc(N)nc2cc(C)cnc12. The lowest BCUT2D eigenvalue weighted by atomic mass is 9.92. The Labute approximate surface area is 126 Å². The van der Waals surface area contributed by atoms with Crippen LogP contribution >= 0.6 is 0 Å². The van der Waals surface area contributed by atoms with E-state index in [4.69, 9.17) is 5.73 Å². The van der Waals surface area contributed by atoms with Crippen LogP contribution in [0.5, 0.6) is 0 Å². The average Bonchev–Trinajstić information content (AvgIpc) is 2.44. The van der Waals surface area contributed by atoms with E-state index in [2.05, 4.69) is 41.0 Å². The molecule has 2 aromatic rings. The molecule has 114 valence electrons. The number of aromatic nitrogens is 3. The normalized spacial score (nSPS) is 14.1. The Morgan fingerprint density at radius 2 is 2.05 bits per heavy atom. The van der Waals surface area contributed by atoms with Gasteiger partial charge in [-0.05, 0) is 38.3 Å². The van der Waals surface area contributed by atoms with Crippen LogP contribution in [0.4, 0.5) is 11.8 Å². The van der Waals surface area contributed by atoms with Crippen LogP contribution in [-0.4, -0.2) is 20.5 Å². The lowest BCUT2D eigenvalue weighted by molar-refractivity contribution is 0.438. The van der Waals surface area contributed by atoms with Crippen LogP contribution in [0.15, 0.2) is 12.3 Å². The number of nitrogen functional groups attached to an aromatic ring is 1. The molecule has 0 fully saturated rings. The second kappa shape index (κ2) is 6.24. The number of hydrogen-bond donors (Lipinski definition) is 2. The summed E-state index contributed by atoms with van der Waals surface area (Å²) in [4.78, 5) is 13.1. The first-order valence-electron chi connectivity index (χ1n) is 7.65. The van der Waals surface area contributed by atoms with E-state index in [1.807, 2.05) is 19.2 Å². The van der Waals surface area contributed by atoms with Crippen molar-refractivity contribution in [1.82, 2.24) is 15.0 Å². The summed E-state index contributed by atoms with van der Waals surface area (Å²) in [5.74, 6) is 1.02. The Kier molecular flexibility index (Phi) is 4.60. The van der Waals surface area contributed by atoms with Crippen molar-refractivity contribution in [3.63, 3.8) is 0 Å². The maximum absolute atomic E-state index is 5.85. The Morgan fingerprint density at radius 3 is 2.71 bits per heavy atom. The van der Waals surface area contributed by atoms with Crippen LogP contribution < -0.4 is 11.1 Å². The summed E-state index contributed by atoms with van der Waals surface area (Å²) in [6.45, 7) is 8.61. The molecule has 0 aromatic carbocycles. The highest BCUT2D eigenvalue weighted by Crippen LogP contribution is 2.27. The second-order valence-corrected chi connectivity index (χ2v) is 5.95. The molecule has 2 aromatic heterocycles. The fraction of sp³-hybridized carbons (Fsp3) is 0.562. The zero-order valence-corrected chi connectivity index (χ0v) is 13.4. The lowest BCUT2D eigenvalue weighted by Crippen LogP contribution is -2.34. The van der Waals surface area contributed by atoms with Gasteiger partial charge in [0.15, 0.2) is 5.82 Å². The maximum atomic E-state index is 5.85. The van der Waals surface area contributed by atoms with E-state index in [1.54, 1.807) is 0 Å². The van der Waals surface area contributed by atoms with Gasteiger partial charge in [-0.3, -0.25) is 4.98 Å². The lowest BCUT2D eigenvalue weighted by Gasteiger charge is -2.30. The van der Waals surface area contributed by atoms with E-state index in [-0.39, 0.29) is 11.5 Å². The van der Waals surface area contributed by atoms with Gasteiger partial charge in [-0.15, -0.1) is 0 Å². The second-order valence-electron chi connectivity index (χ2n) is 5.95. The number of nitrogens with one attached hydrogen (secondary N) is 1. The van der Waals surface area contributed by atoms with Crippen LogP contribution in [0, 0.1) is 6.92 Å². The quantitative estimate of drug-likeness (QED) is 0.847. The molecule has 0 aliphatic rings. The molecule has 0 amide bonds. The highest BCUT2D eigenvalue weighted by atomic mass is 15.1. The van der Waals surface area contributed by atoms with Gasteiger partial charge in [-0.2, -0.15) is 4.98 Å². The molecule has 1 atom stereocenters. The Balaban J connectivity index is 2.41. The number of pyridine rings is 1. The number of fused-ring (bicyclic) bond motifs is 1. The summed E-state index contributed by atoms with van der Waals surface area (Å²) < 4.78 is 0. The van der Waals surface area contributed by atoms with Crippen molar-refractivity contribution in [2.75, 3.05) is 11.1 Å². The van der Waals surface area contributed by atoms with Crippen molar-refractivity contribution >= 4 is 22.8 Å². The number of rotatable bonds is 6. The van der Waals surface area contributed by atoms with Gasteiger partial charge in [-0.25, -0.2) is 4.98 Å². The molecule has 0 bridgehead atoms. The van der Waals surface area contributed by atoms with E-state index in [1.165, 1.54) is 12.8 Å². The number of aryl methyl sites for hydroxylation is 1. The number of hydrogen-bond acceptors (Lipinski definition) is 5. The summed E-state index contributed by atoms with van der Waals surface area (Å²) in [6, 6.07) is 1.99. The van der Waals surface area contributed by atoms with Gasteiger partial charge >= 0.3 is 0 Å². The van der Waals surface area contributed by atoms with Gasteiger partial charge in [0.25, 0.3) is 0 Å². The van der Waals surface area contributed by atoms with Crippen LogP contribution in [0.3, 0.4) is 0 Å². The monoisotopic (exact) mass is 287 g/mol. The summed E-state index contributed by atoms with van der Waals surface area (Å²) in [6.07, 6.45) is 6.31. The molecule has 2 heterocycles. The van der Waals surface area contributed by atoms with E-state index < -0.39 is 0 Å². The first-order valence-corrected chi connectivity index (χ1v) is 7.65. The third kappa shape index (κ3) is 3.60. The molecule has 2 rings (SSSR count). The van der Waals surface area contributed by atoms with Crippen molar-refractivity contribution in [3.8, 4) is 0 Å². The third-order valence-corrected chi connectivity index (χ3v) is 3.97. The molecule has 3 N–H and O–H groups in total. The zero-order valence-electron chi connectivity index (χ0n) is 13.4. The Bertz CT molecular complexity index is 620. The zero-order chi connectivity index (χ0) is 15.5. The third-order valence-electron chi connectivity index (χ3n) is 3.97. The van der Waals surface area contributed by atoms with Gasteiger partial charge in [-0.1, -0.05) is 26.7 Å². The summed E-state index contributed by atoms with van der Waals surface area (Å²) in [7, 11) is 0. The molecule has 5 nitrogen and oxygen atoms in total. The molecule has 1 unspecified atom stereocenters. The van der Waals surface area contributed by atoms with Crippen LogP contribution in [0.1, 0.15) is 52.0 Å². The minimum atomic E-state index is -0.00367. The molecule has 21 heavy (non-hydrogen) atoms. The van der Waals surface area contributed by atoms with E-state index in [0.717, 1.165) is 35.3 Å². The molecule has 0 saturated carbocycles. The first-order chi connectivity index (χ1) is 9.97. The molecular formula is C16H25N5. The number of anilines is 2. The van der Waals surface area contributed by atoms with Gasteiger partial charge in [0.2, 0.25) is 5.95 Å². The highest BCUT2D eigenvalue weighted by Gasteiger charge is 2.23. The molecule has 5 heteroatoms. The largest absolute Gasteiger partial charge is 0.368 e. The van der Waals surface area contributed by atoms with E-state index in [0.29, 0.717) is 0 Å². The topological polar surface area (TPSA) is 76.7 Å². The average molecular weight is 287 g/mol. The summed E-state index contributed by atoms with van der Waals surface area (Å²) >= 11 is 0. The fourth-order valence-electron chi connectivity index (χ4n) is 2.40. The summed E-state index contributed by atoms with van der Waals surface area (Å²) in [5, 5.41) is 3.55. The van der Waals surface area contributed by atoms with Crippen LogP contribution in [-0.2, 0) is 0 Å². The van der Waals surface area contributed by atoms with E-state index >= 15 is 0 Å². The Morgan fingerprint density at radius 1 is 1.29 bits per heavy atom. The summed E-state index contributed by atoms with van der Waals surface area (Å²) in [5.41, 5.74) is 8.48. The first kappa shape index (κ1) is 15.5. The van der Waals surface area contributed by atoms with Crippen molar-refractivity contribution in [2.45, 2.75) is 58.9 Å². The van der Waals surface area contributed by atoms with Crippen molar-refractivity contribution in [1.29, 1.82) is 0 Å². The van der Waals surface area contributed by atoms with Crippen LogP contribution in [0.25, 0.3) is 11.0 Å². The van der Waals surface area contributed by atoms with Crippen molar-refractivity contribution in [3.05, 3.63) is 17.8 Å². The number of nitrogens with two attached hydrogens (primary N) is 1. The highest BCUT2D eigenvalue weighted by molar-refractivity contribution is 5.86. The molecular weight excluding hydrogens is 262 g/mol. The van der Waals surface area contributed by atoms with Crippen LogP contribution in [0.2, 0.25) is 0 Å². The van der Waals surface area contributed by atoms with Gasteiger partial charge in [0, 0.05) is 11.7 Å². The smallest absolute Gasteiger partial charge is 0.222 e. The molecule has 0 radical (unpaired) electrons.